The smallest absolute Gasteiger partial charge is 0.320 e. The molecule has 0 unspecified atom stereocenters. The molecule has 0 saturated heterocycles. The average molecular weight is 403 g/mol. The van der Waals surface area contributed by atoms with Crippen LogP contribution in [0.15, 0.2) is 30.5 Å². The number of amides is 2. The Morgan fingerprint density at radius 3 is 3.00 bits per heavy atom. The summed E-state index contributed by atoms with van der Waals surface area (Å²) >= 11 is 0. The highest BCUT2D eigenvalue weighted by Gasteiger charge is 2.30. The number of nitriles is 1. The Bertz CT molecular complexity index is 1200. The van der Waals surface area contributed by atoms with Crippen molar-refractivity contribution >= 4 is 11.7 Å². The molecule has 2 amide bonds. The van der Waals surface area contributed by atoms with Crippen molar-refractivity contribution < 1.29 is 9.18 Å². The van der Waals surface area contributed by atoms with Gasteiger partial charge in [0.2, 0.25) is 0 Å². The minimum Gasteiger partial charge on any atom is -0.320 e. The summed E-state index contributed by atoms with van der Waals surface area (Å²) in [4.78, 5) is 14.5. The Hall–Kier alpha value is -3.80. The summed E-state index contributed by atoms with van der Waals surface area (Å²) in [5.41, 5.74) is 5.18. The van der Waals surface area contributed by atoms with E-state index in [0.29, 0.717) is 25.2 Å². The minimum absolute atomic E-state index is 0.106. The molecule has 0 spiro atoms. The highest BCUT2D eigenvalue weighted by Crippen LogP contribution is 2.34. The standard InChI is InChI=1S/C21H18FN7O/c22-17-4-3-15(10-14(17)11-23)25-21(30)28-9-6-18-16(12-28)20-19-13(5-7-24-26-19)2-1-8-29(20)27-18/h3-5,7,10H,1-2,6,8-9,12H2,(H,25,30). The molecule has 2 aliphatic rings. The first kappa shape index (κ1) is 18.2. The molecule has 0 aliphatic carbocycles. The summed E-state index contributed by atoms with van der Waals surface area (Å²) < 4.78 is 15.5. The normalized spacial score (nSPS) is 14.7. The van der Waals surface area contributed by atoms with Gasteiger partial charge in [0.05, 0.1) is 23.5 Å². The van der Waals surface area contributed by atoms with Gasteiger partial charge >= 0.3 is 6.03 Å². The molecule has 4 heterocycles. The van der Waals surface area contributed by atoms with Crippen LogP contribution in [0.3, 0.4) is 0 Å². The van der Waals surface area contributed by atoms with Crippen LogP contribution in [0.25, 0.3) is 11.4 Å². The maximum Gasteiger partial charge on any atom is 0.322 e. The minimum atomic E-state index is -0.611. The summed E-state index contributed by atoms with van der Waals surface area (Å²) in [6, 6.07) is 7.43. The van der Waals surface area contributed by atoms with Crippen LogP contribution in [0, 0.1) is 17.1 Å². The number of anilines is 1. The van der Waals surface area contributed by atoms with Gasteiger partial charge in [-0.05, 0) is 42.7 Å². The lowest BCUT2D eigenvalue weighted by atomic mass is 10.0. The van der Waals surface area contributed by atoms with Gasteiger partial charge in [0.15, 0.2) is 0 Å². The molecule has 150 valence electrons. The molecule has 8 nitrogen and oxygen atoms in total. The molecule has 1 N–H and O–H groups in total. The van der Waals surface area contributed by atoms with Crippen molar-refractivity contribution in [1.82, 2.24) is 24.9 Å². The maximum absolute atomic E-state index is 13.5. The Morgan fingerprint density at radius 2 is 2.13 bits per heavy atom. The van der Waals surface area contributed by atoms with Crippen molar-refractivity contribution in [2.75, 3.05) is 11.9 Å². The average Bonchev–Trinajstić information content (AvgIpc) is 3.02. The van der Waals surface area contributed by atoms with E-state index in [2.05, 4.69) is 15.5 Å². The van der Waals surface area contributed by atoms with Gasteiger partial charge in [0.25, 0.3) is 0 Å². The van der Waals surface area contributed by atoms with E-state index in [9.17, 15) is 9.18 Å². The zero-order chi connectivity index (χ0) is 20.7. The topological polar surface area (TPSA) is 99.7 Å². The van der Waals surface area contributed by atoms with E-state index in [1.165, 1.54) is 18.2 Å². The zero-order valence-electron chi connectivity index (χ0n) is 16.1. The van der Waals surface area contributed by atoms with Crippen molar-refractivity contribution in [3.05, 3.63) is 58.7 Å². The summed E-state index contributed by atoms with van der Waals surface area (Å²) in [6.45, 7) is 1.73. The fraction of sp³-hybridized carbons (Fsp3) is 0.286. The van der Waals surface area contributed by atoms with Gasteiger partial charge in [-0.2, -0.15) is 15.5 Å². The van der Waals surface area contributed by atoms with Gasteiger partial charge < -0.3 is 10.2 Å². The van der Waals surface area contributed by atoms with Gasteiger partial charge in [0, 0.05) is 37.0 Å². The van der Waals surface area contributed by atoms with Gasteiger partial charge in [0.1, 0.15) is 17.6 Å². The Kier molecular flexibility index (Phi) is 4.39. The quantitative estimate of drug-likeness (QED) is 0.673. The second-order valence-corrected chi connectivity index (χ2v) is 7.41. The first-order valence-corrected chi connectivity index (χ1v) is 9.79. The molecule has 0 bridgehead atoms. The fourth-order valence-electron chi connectivity index (χ4n) is 4.10. The van der Waals surface area contributed by atoms with Crippen molar-refractivity contribution in [3.63, 3.8) is 0 Å². The number of benzene rings is 1. The van der Waals surface area contributed by atoms with E-state index >= 15 is 0 Å². The molecule has 2 aliphatic heterocycles. The third-order valence-electron chi connectivity index (χ3n) is 5.57. The largest absolute Gasteiger partial charge is 0.322 e. The SMILES string of the molecule is N#Cc1cc(NC(=O)N2CCc3nn4c(c3C2)-c2nnccc2CCC4)ccc1F. The predicted octanol–water partition coefficient (Wildman–Crippen LogP) is 2.89. The van der Waals surface area contributed by atoms with E-state index in [1.807, 2.05) is 10.7 Å². The molecule has 1 aromatic carbocycles. The second kappa shape index (κ2) is 7.22. The number of nitrogens with one attached hydrogen (secondary N) is 1. The molecular weight excluding hydrogens is 385 g/mol. The number of rotatable bonds is 1. The molecule has 5 rings (SSSR count). The van der Waals surface area contributed by atoms with Crippen LogP contribution < -0.4 is 5.32 Å². The molecule has 2 aromatic heterocycles. The van der Waals surface area contributed by atoms with Crippen molar-refractivity contribution in [3.8, 4) is 17.5 Å². The number of aryl methyl sites for hydroxylation is 2. The highest BCUT2D eigenvalue weighted by molar-refractivity contribution is 5.89. The molecule has 9 heteroatoms. The van der Waals surface area contributed by atoms with Crippen LogP contribution in [-0.2, 0) is 25.9 Å². The van der Waals surface area contributed by atoms with Crippen molar-refractivity contribution in [1.29, 1.82) is 5.26 Å². The number of urea groups is 1. The Balaban J connectivity index is 1.43. The number of halogens is 1. The van der Waals surface area contributed by atoms with E-state index in [4.69, 9.17) is 10.4 Å². The van der Waals surface area contributed by atoms with E-state index in [-0.39, 0.29) is 11.6 Å². The lowest BCUT2D eigenvalue weighted by Gasteiger charge is -2.27. The number of nitrogens with zero attached hydrogens (tertiary/aromatic N) is 6. The number of carbonyl (C=O) groups is 1. The monoisotopic (exact) mass is 403 g/mol. The Morgan fingerprint density at radius 1 is 1.23 bits per heavy atom. The number of hydrogen-bond acceptors (Lipinski definition) is 5. The van der Waals surface area contributed by atoms with Gasteiger partial charge in [-0.1, -0.05) is 0 Å². The van der Waals surface area contributed by atoms with Crippen LogP contribution in [-0.4, -0.2) is 37.5 Å². The molecule has 30 heavy (non-hydrogen) atoms. The fourth-order valence-corrected chi connectivity index (χ4v) is 4.10. The third-order valence-corrected chi connectivity index (χ3v) is 5.57. The molecule has 0 saturated carbocycles. The number of aromatic nitrogens is 4. The van der Waals surface area contributed by atoms with Crippen LogP contribution in [0.1, 0.15) is 28.8 Å². The molecule has 0 atom stereocenters. The second-order valence-electron chi connectivity index (χ2n) is 7.41. The summed E-state index contributed by atoms with van der Waals surface area (Å²) in [5, 5.41) is 25.0. The highest BCUT2D eigenvalue weighted by atomic mass is 19.1. The van der Waals surface area contributed by atoms with Crippen LogP contribution in [0.5, 0.6) is 0 Å². The van der Waals surface area contributed by atoms with Gasteiger partial charge in [-0.25, -0.2) is 9.18 Å². The lowest BCUT2D eigenvalue weighted by molar-refractivity contribution is 0.206. The van der Waals surface area contributed by atoms with Crippen LogP contribution >= 0.6 is 0 Å². The van der Waals surface area contributed by atoms with Crippen LogP contribution in [0.2, 0.25) is 0 Å². The first-order chi connectivity index (χ1) is 14.6. The number of hydrogen-bond donors (Lipinski definition) is 1. The maximum atomic E-state index is 13.5. The van der Waals surface area contributed by atoms with E-state index in [1.54, 1.807) is 17.2 Å². The first-order valence-electron chi connectivity index (χ1n) is 9.79. The summed E-state index contributed by atoms with van der Waals surface area (Å²) in [6.07, 6.45) is 4.24. The van der Waals surface area contributed by atoms with Crippen molar-refractivity contribution in [2.45, 2.75) is 32.4 Å². The summed E-state index contributed by atoms with van der Waals surface area (Å²) in [5.74, 6) is -0.611. The van der Waals surface area contributed by atoms with Crippen molar-refractivity contribution in [2.24, 2.45) is 0 Å². The predicted molar refractivity (Wildman–Crippen MR) is 106 cm³/mol. The third kappa shape index (κ3) is 3.06. The zero-order valence-corrected chi connectivity index (χ0v) is 16.1. The molecule has 3 aromatic rings. The summed E-state index contributed by atoms with van der Waals surface area (Å²) in [7, 11) is 0. The molecular formula is C21H18FN7O. The van der Waals surface area contributed by atoms with E-state index in [0.717, 1.165) is 47.6 Å². The Labute approximate surface area is 171 Å². The number of carbonyl (C=O) groups excluding carboxylic acids is 1. The van der Waals surface area contributed by atoms with Gasteiger partial charge in [-0.3, -0.25) is 4.68 Å². The van der Waals surface area contributed by atoms with Crippen LogP contribution in [0.4, 0.5) is 14.9 Å². The number of fused-ring (bicyclic) bond motifs is 5. The lowest BCUT2D eigenvalue weighted by Crippen LogP contribution is -2.38. The van der Waals surface area contributed by atoms with Gasteiger partial charge in [-0.15, -0.1) is 5.10 Å². The molecule has 0 radical (unpaired) electrons. The molecule has 0 fully saturated rings. The van der Waals surface area contributed by atoms with E-state index < -0.39 is 5.82 Å².